The quantitative estimate of drug-likeness (QED) is 0.760. The molecule has 0 unspecified atom stereocenters. The lowest BCUT2D eigenvalue weighted by Gasteiger charge is -2.26. The summed E-state index contributed by atoms with van der Waals surface area (Å²) in [6.07, 6.45) is 2.08. The molecule has 0 spiro atoms. The number of anilines is 1. The molecular weight excluding hydrogens is 252 g/mol. The number of thioether (sulfide) groups is 1. The maximum atomic E-state index is 10.5. The van der Waals surface area contributed by atoms with Crippen LogP contribution in [0.15, 0.2) is 5.16 Å². The molecule has 102 valence electrons. The minimum Gasteiger partial charge on any atom is -0.481 e. The van der Waals surface area contributed by atoms with E-state index in [1.807, 2.05) is 18.7 Å². The molecule has 18 heavy (non-hydrogen) atoms. The second kappa shape index (κ2) is 6.63. The van der Waals surface area contributed by atoms with Gasteiger partial charge in [0.25, 0.3) is 0 Å². The van der Waals surface area contributed by atoms with E-state index in [1.165, 1.54) is 11.8 Å². The summed E-state index contributed by atoms with van der Waals surface area (Å²) in [6, 6.07) is 0.422. The van der Waals surface area contributed by atoms with Crippen LogP contribution in [0, 0.1) is 0 Å². The maximum absolute atomic E-state index is 10.5. The van der Waals surface area contributed by atoms with Gasteiger partial charge in [0.15, 0.2) is 5.16 Å². The maximum Gasteiger partial charge on any atom is 0.313 e. The molecule has 0 bridgehead atoms. The van der Waals surface area contributed by atoms with Crippen molar-refractivity contribution in [2.75, 3.05) is 17.7 Å². The molecule has 0 radical (unpaired) electrons. The van der Waals surface area contributed by atoms with Gasteiger partial charge in [-0.05, 0) is 12.8 Å². The molecule has 1 heterocycles. The summed E-state index contributed by atoms with van der Waals surface area (Å²) < 4.78 is 1.84. The molecule has 1 N–H and O–H groups in total. The molecule has 0 aliphatic rings. The topological polar surface area (TPSA) is 71.2 Å². The van der Waals surface area contributed by atoms with Gasteiger partial charge in [0, 0.05) is 20.1 Å². The fourth-order valence-corrected chi connectivity index (χ4v) is 2.49. The van der Waals surface area contributed by atoms with E-state index in [9.17, 15) is 4.79 Å². The van der Waals surface area contributed by atoms with E-state index in [0.717, 1.165) is 18.8 Å². The number of hydrogen-bond acceptors (Lipinski definition) is 5. The molecule has 6 nitrogen and oxygen atoms in total. The Kier molecular flexibility index (Phi) is 5.46. The van der Waals surface area contributed by atoms with Crippen molar-refractivity contribution in [1.29, 1.82) is 0 Å². The van der Waals surface area contributed by atoms with E-state index in [1.54, 1.807) is 0 Å². The third kappa shape index (κ3) is 3.38. The van der Waals surface area contributed by atoms with E-state index in [-0.39, 0.29) is 5.75 Å². The van der Waals surface area contributed by atoms with E-state index in [2.05, 4.69) is 28.9 Å². The summed E-state index contributed by atoms with van der Waals surface area (Å²) in [7, 11) is 3.85. The predicted molar refractivity (Wildman–Crippen MR) is 72.1 cm³/mol. The fraction of sp³-hybridized carbons (Fsp3) is 0.727. The Bertz CT molecular complexity index is 404. The zero-order valence-electron chi connectivity index (χ0n) is 11.3. The molecule has 0 atom stereocenters. The summed E-state index contributed by atoms with van der Waals surface area (Å²) >= 11 is 1.18. The van der Waals surface area contributed by atoms with Crippen LogP contribution in [0.25, 0.3) is 0 Å². The molecule has 0 saturated heterocycles. The van der Waals surface area contributed by atoms with Crippen LogP contribution in [-0.4, -0.2) is 44.7 Å². The van der Waals surface area contributed by atoms with Crippen molar-refractivity contribution < 1.29 is 9.90 Å². The average Bonchev–Trinajstić information content (AvgIpc) is 2.69. The molecular formula is C11H20N4O2S. The smallest absolute Gasteiger partial charge is 0.313 e. The molecule has 0 aromatic carbocycles. The first kappa shape index (κ1) is 14.8. The molecule has 0 aliphatic heterocycles. The van der Waals surface area contributed by atoms with Gasteiger partial charge in [0.1, 0.15) is 0 Å². The summed E-state index contributed by atoms with van der Waals surface area (Å²) in [5, 5.41) is 17.5. The lowest BCUT2D eigenvalue weighted by molar-refractivity contribution is -0.133. The van der Waals surface area contributed by atoms with Gasteiger partial charge in [-0.1, -0.05) is 25.6 Å². The molecule has 0 fully saturated rings. The minimum absolute atomic E-state index is 0.000666. The van der Waals surface area contributed by atoms with Crippen molar-refractivity contribution in [3.05, 3.63) is 0 Å². The van der Waals surface area contributed by atoms with Crippen LogP contribution in [0.4, 0.5) is 5.95 Å². The summed E-state index contributed by atoms with van der Waals surface area (Å²) in [4.78, 5) is 12.6. The largest absolute Gasteiger partial charge is 0.481 e. The van der Waals surface area contributed by atoms with Gasteiger partial charge in [-0.15, -0.1) is 10.2 Å². The van der Waals surface area contributed by atoms with Crippen molar-refractivity contribution in [2.24, 2.45) is 7.05 Å². The van der Waals surface area contributed by atoms with Crippen LogP contribution in [-0.2, 0) is 11.8 Å². The third-order valence-electron chi connectivity index (χ3n) is 2.94. The van der Waals surface area contributed by atoms with Crippen molar-refractivity contribution >= 4 is 23.7 Å². The number of carboxylic acid groups (broad SMARTS) is 1. The van der Waals surface area contributed by atoms with Crippen LogP contribution in [0.5, 0.6) is 0 Å². The lowest BCUT2D eigenvalue weighted by atomic mass is 10.1. The Morgan fingerprint density at radius 1 is 1.44 bits per heavy atom. The minimum atomic E-state index is -0.849. The normalized spacial score (nSPS) is 10.9. The van der Waals surface area contributed by atoms with E-state index >= 15 is 0 Å². The van der Waals surface area contributed by atoms with Gasteiger partial charge in [0.2, 0.25) is 5.95 Å². The summed E-state index contributed by atoms with van der Waals surface area (Å²) in [5.74, 6) is -0.0739. The highest BCUT2D eigenvalue weighted by atomic mass is 32.2. The molecule has 0 aliphatic carbocycles. The Morgan fingerprint density at radius 2 is 2.06 bits per heavy atom. The Balaban J connectivity index is 2.82. The lowest BCUT2D eigenvalue weighted by Crippen LogP contribution is -2.32. The second-order valence-electron chi connectivity index (χ2n) is 4.11. The highest BCUT2D eigenvalue weighted by Crippen LogP contribution is 2.22. The predicted octanol–water partition coefficient (Wildman–Crippen LogP) is 1.62. The first-order valence-corrected chi connectivity index (χ1v) is 6.96. The Labute approximate surface area is 111 Å². The van der Waals surface area contributed by atoms with Gasteiger partial charge < -0.3 is 10.0 Å². The monoisotopic (exact) mass is 272 g/mol. The van der Waals surface area contributed by atoms with Crippen LogP contribution >= 0.6 is 11.8 Å². The second-order valence-corrected chi connectivity index (χ2v) is 5.05. The summed E-state index contributed by atoms with van der Waals surface area (Å²) in [6.45, 7) is 4.28. The first-order chi connectivity index (χ1) is 8.51. The molecule has 1 aromatic heterocycles. The fourth-order valence-electron chi connectivity index (χ4n) is 1.87. The van der Waals surface area contributed by atoms with E-state index in [4.69, 9.17) is 5.11 Å². The van der Waals surface area contributed by atoms with Crippen molar-refractivity contribution in [3.8, 4) is 0 Å². The number of carboxylic acids is 1. The SMILES string of the molecule is CCC(CC)N(C)c1nnc(SCC(=O)O)n1C. The van der Waals surface area contributed by atoms with Crippen molar-refractivity contribution in [2.45, 2.75) is 37.9 Å². The molecule has 1 aromatic rings. The van der Waals surface area contributed by atoms with Crippen LogP contribution in [0.3, 0.4) is 0 Å². The summed E-state index contributed by atoms with van der Waals surface area (Å²) in [5.41, 5.74) is 0. The number of nitrogens with zero attached hydrogens (tertiary/aromatic N) is 4. The Morgan fingerprint density at radius 3 is 2.56 bits per heavy atom. The van der Waals surface area contributed by atoms with Crippen LogP contribution in [0.1, 0.15) is 26.7 Å². The van der Waals surface area contributed by atoms with Crippen LogP contribution in [0.2, 0.25) is 0 Å². The number of aliphatic carboxylic acids is 1. The Hall–Kier alpha value is -1.24. The van der Waals surface area contributed by atoms with E-state index < -0.39 is 5.97 Å². The third-order valence-corrected chi connectivity index (χ3v) is 3.95. The van der Waals surface area contributed by atoms with E-state index in [0.29, 0.717) is 11.2 Å². The van der Waals surface area contributed by atoms with Gasteiger partial charge in [-0.3, -0.25) is 9.36 Å². The standard InChI is InChI=1S/C11H20N4O2S/c1-5-8(6-2)14(3)10-12-13-11(15(10)4)18-7-9(16)17/h8H,5-7H2,1-4H3,(H,16,17). The molecule has 7 heteroatoms. The van der Waals surface area contributed by atoms with Gasteiger partial charge in [-0.25, -0.2) is 0 Å². The average molecular weight is 272 g/mol. The zero-order valence-corrected chi connectivity index (χ0v) is 12.1. The number of rotatable bonds is 7. The van der Waals surface area contributed by atoms with Gasteiger partial charge in [-0.2, -0.15) is 0 Å². The van der Waals surface area contributed by atoms with Crippen LogP contribution < -0.4 is 4.90 Å². The van der Waals surface area contributed by atoms with Crippen molar-refractivity contribution in [3.63, 3.8) is 0 Å². The highest BCUT2D eigenvalue weighted by molar-refractivity contribution is 7.99. The zero-order chi connectivity index (χ0) is 13.7. The van der Waals surface area contributed by atoms with Gasteiger partial charge in [0.05, 0.1) is 5.75 Å². The number of hydrogen-bond donors (Lipinski definition) is 1. The molecule has 0 saturated carbocycles. The number of aromatic nitrogens is 3. The number of carbonyl (C=O) groups is 1. The first-order valence-electron chi connectivity index (χ1n) is 5.98. The van der Waals surface area contributed by atoms with Crippen molar-refractivity contribution in [1.82, 2.24) is 14.8 Å². The molecule has 1 rings (SSSR count). The molecule has 0 amide bonds. The highest BCUT2D eigenvalue weighted by Gasteiger charge is 2.18. The van der Waals surface area contributed by atoms with Gasteiger partial charge >= 0.3 is 5.97 Å².